The summed E-state index contributed by atoms with van der Waals surface area (Å²) in [6.07, 6.45) is 113. The molecule has 0 aliphatic carbocycles. The number of hydrogen-bond acceptors (Lipinski definition) is 7. The van der Waals surface area contributed by atoms with Crippen molar-refractivity contribution in [3.05, 3.63) is 146 Å². The second-order valence-corrected chi connectivity index (χ2v) is 28.3. The summed E-state index contributed by atoms with van der Waals surface area (Å²) in [4.78, 5) is 37.8. The van der Waals surface area contributed by atoms with Gasteiger partial charge in [-0.25, -0.2) is 4.79 Å². The predicted octanol–water partition coefficient (Wildman–Crippen LogP) is 26.6. The molecule has 2 atom stereocenters. The van der Waals surface area contributed by atoms with Crippen molar-refractivity contribution >= 4 is 17.9 Å². The molecule has 0 radical (unpaired) electrons. The first kappa shape index (κ1) is 94.2. The molecule has 0 fully saturated rings. The lowest BCUT2D eigenvalue weighted by Crippen LogP contribution is -2.40. The molecule has 1 N–H and O–H groups in total. The monoisotopic (exact) mass is 1380 g/mol. The first-order valence-corrected chi connectivity index (χ1v) is 41.0. The summed E-state index contributed by atoms with van der Waals surface area (Å²) in [5.74, 6) is -2.02. The number of hydrogen-bond donors (Lipinski definition) is 1. The number of rotatable bonds is 75. The third-order valence-corrected chi connectivity index (χ3v) is 17.6. The molecule has 0 aliphatic heterocycles. The molecule has 0 aromatic carbocycles. The molecule has 0 rings (SSSR count). The van der Waals surface area contributed by atoms with Crippen LogP contribution >= 0.6 is 0 Å². The van der Waals surface area contributed by atoms with Crippen molar-refractivity contribution in [2.45, 2.75) is 360 Å². The van der Waals surface area contributed by atoms with Gasteiger partial charge >= 0.3 is 17.9 Å². The Bertz CT molecular complexity index is 2150. The smallest absolute Gasteiger partial charge is 0.361 e. The average molecular weight is 1380 g/mol. The van der Waals surface area contributed by atoms with E-state index in [1.165, 1.54) is 199 Å². The van der Waals surface area contributed by atoms with Crippen molar-refractivity contribution in [2.75, 3.05) is 47.5 Å². The van der Waals surface area contributed by atoms with Gasteiger partial charge in [-0.15, -0.1) is 0 Å². The van der Waals surface area contributed by atoms with E-state index in [0.29, 0.717) is 23.9 Å². The highest BCUT2D eigenvalue weighted by Crippen LogP contribution is 2.18. The van der Waals surface area contributed by atoms with Crippen molar-refractivity contribution in [3.8, 4) is 0 Å². The highest BCUT2D eigenvalue weighted by atomic mass is 16.7. The number of carbonyl (C=O) groups excluding carboxylic acids is 2. The minimum Gasteiger partial charge on any atom is -0.477 e. The molecule has 0 amide bonds. The van der Waals surface area contributed by atoms with Gasteiger partial charge in [0.25, 0.3) is 6.29 Å². The standard InChI is InChI=1S/C90H153NO8/c1-6-8-10-12-14-16-18-20-22-24-26-28-30-32-34-36-38-40-41-42-43-44-45-46-47-49-51-53-55-57-59-61-63-65-67-69-71-73-75-77-79-81-88(93)99-86(85-98-90(89(94)95)96-83-82-91(3,4)5)84-97-87(92)80-78-76-74-72-70-68-66-64-62-60-58-56-54-52-50-48-39-37-35-33-31-29-27-25-23-21-19-17-15-13-11-9-7-2/h8,10,14,16,20,22,25-28,32,34,38,40,42-43,45-46,49,51,55,57,61,63,86,90H,6-7,9,11-13,15,17-19,21,23-24,29-31,33,35-37,39,41,44,47-48,50,52-54,56,58-60,62,64-85H2,1-5H3/p+1/b10-8-,16-14-,22-20-,27-25-,28-26-,34-32-,40-38-,43-42-,46-45-,51-49-,57-55-,63-61-. The maximum absolute atomic E-state index is 13.0. The lowest BCUT2D eigenvalue weighted by molar-refractivity contribution is -0.870. The first-order chi connectivity index (χ1) is 48.6. The summed E-state index contributed by atoms with van der Waals surface area (Å²) in [6.45, 7) is 4.78. The van der Waals surface area contributed by atoms with Crippen LogP contribution in [0.5, 0.6) is 0 Å². The number of esters is 2. The van der Waals surface area contributed by atoms with Crippen LogP contribution in [0.25, 0.3) is 0 Å². The molecule has 0 aliphatic rings. The van der Waals surface area contributed by atoms with Crippen LogP contribution in [0, 0.1) is 0 Å². The maximum atomic E-state index is 13.0. The average Bonchev–Trinajstić information content (AvgIpc) is 2.62. The van der Waals surface area contributed by atoms with Crippen LogP contribution in [-0.4, -0.2) is 87.4 Å². The number of carbonyl (C=O) groups is 3. The fourth-order valence-corrected chi connectivity index (χ4v) is 11.4. The molecule has 0 saturated carbocycles. The fourth-order valence-electron chi connectivity index (χ4n) is 11.4. The summed E-state index contributed by atoms with van der Waals surface area (Å²) in [5.41, 5.74) is 0. The number of allylic oxidation sites excluding steroid dienone is 24. The number of quaternary nitrogens is 1. The molecule has 0 aromatic heterocycles. The van der Waals surface area contributed by atoms with Crippen LogP contribution < -0.4 is 0 Å². The molecular weight excluding hydrogens is 1220 g/mol. The third-order valence-electron chi connectivity index (χ3n) is 17.6. The largest absolute Gasteiger partial charge is 0.477 e. The summed E-state index contributed by atoms with van der Waals surface area (Å²) >= 11 is 0. The minimum atomic E-state index is -1.52. The number of carboxylic acids is 1. The van der Waals surface area contributed by atoms with Gasteiger partial charge in [0.15, 0.2) is 6.10 Å². The molecule has 0 saturated heterocycles. The summed E-state index contributed by atoms with van der Waals surface area (Å²) in [5, 5.41) is 9.78. The molecule has 0 heterocycles. The Morgan fingerprint density at radius 2 is 0.576 bits per heavy atom. The van der Waals surface area contributed by atoms with E-state index in [9.17, 15) is 19.5 Å². The predicted molar refractivity (Wildman–Crippen MR) is 428 cm³/mol. The Kier molecular flexibility index (Phi) is 75.0. The molecule has 2 unspecified atom stereocenters. The second-order valence-electron chi connectivity index (χ2n) is 28.3. The van der Waals surface area contributed by atoms with Crippen LogP contribution in [0.1, 0.15) is 348 Å². The number of likely N-dealkylation sites (N-methyl/N-ethyl adjacent to an activating group) is 1. The Labute approximate surface area is 611 Å². The molecule has 0 bridgehead atoms. The van der Waals surface area contributed by atoms with Gasteiger partial charge in [-0.1, -0.05) is 359 Å². The zero-order chi connectivity index (χ0) is 71.8. The van der Waals surface area contributed by atoms with Crippen LogP contribution in [0.3, 0.4) is 0 Å². The van der Waals surface area contributed by atoms with Gasteiger partial charge in [0.05, 0.1) is 34.4 Å². The molecule has 0 aromatic rings. The number of carboxylic acid groups (broad SMARTS) is 1. The third kappa shape index (κ3) is 80.4. The molecular formula is C90H154NO8+. The van der Waals surface area contributed by atoms with Crippen molar-refractivity contribution in [3.63, 3.8) is 0 Å². The Morgan fingerprint density at radius 1 is 0.313 bits per heavy atom. The van der Waals surface area contributed by atoms with Crippen LogP contribution in [-0.2, 0) is 33.3 Å². The molecule has 99 heavy (non-hydrogen) atoms. The van der Waals surface area contributed by atoms with E-state index in [4.69, 9.17) is 18.9 Å². The zero-order valence-corrected chi connectivity index (χ0v) is 64.9. The summed E-state index contributed by atoms with van der Waals surface area (Å²) in [6, 6.07) is 0. The lowest BCUT2D eigenvalue weighted by atomic mass is 10.0. The topological polar surface area (TPSA) is 108 Å². The normalized spacial score (nSPS) is 13.4. The number of nitrogens with zero attached hydrogens (tertiary/aromatic N) is 1. The number of aliphatic carboxylic acids is 1. The Morgan fingerprint density at radius 3 is 0.869 bits per heavy atom. The Hall–Kier alpha value is -4.83. The van der Waals surface area contributed by atoms with E-state index in [1.54, 1.807) is 0 Å². The van der Waals surface area contributed by atoms with E-state index in [1.807, 2.05) is 21.1 Å². The van der Waals surface area contributed by atoms with Gasteiger partial charge < -0.3 is 28.5 Å². The van der Waals surface area contributed by atoms with Crippen molar-refractivity contribution in [2.24, 2.45) is 0 Å². The van der Waals surface area contributed by atoms with Crippen LogP contribution in [0.2, 0.25) is 0 Å². The second kappa shape index (κ2) is 78.9. The van der Waals surface area contributed by atoms with Gasteiger partial charge in [-0.3, -0.25) is 9.59 Å². The van der Waals surface area contributed by atoms with Crippen molar-refractivity contribution in [1.82, 2.24) is 0 Å². The summed E-state index contributed by atoms with van der Waals surface area (Å²) in [7, 11) is 5.98. The number of ether oxygens (including phenoxy) is 4. The van der Waals surface area contributed by atoms with Gasteiger partial charge in [0.2, 0.25) is 0 Å². The van der Waals surface area contributed by atoms with E-state index < -0.39 is 24.3 Å². The van der Waals surface area contributed by atoms with Gasteiger partial charge in [-0.2, -0.15) is 0 Å². The van der Waals surface area contributed by atoms with Crippen LogP contribution in [0.15, 0.2) is 146 Å². The minimum absolute atomic E-state index is 0.180. The van der Waals surface area contributed by atoms with Gasteiger partial charge in [0.1, 0.15) is 13.2 Å². The molecule has 9 nitrogen and oxygen atoms in total. The zero-order valence-electron chi connectivity index (χ0n) is 64.9. The molecule has 566 valence electrons. The summed E-state index contributed by atoms with van der Waals surface area (Å²) < 4.78 is 23.0. The highest BCUT2D eigenvalue weighted by molar-refractivity contribution is 5.71. The van der Waals surface area contributed by atoms with E-state index in [-0.39, 0.29) is 32.2 Å². The fraction of sp³-hybridized carbons (Fsp3) is 0.700. The van der Waals surface area contributed by atoms with E-state index >= 15 is 0 Å². The van der Waals surface area contributed by atoms with Gasteiger partial charge in [0, 0.05) is 12.8 Å². The van der Waals surface area contributed by atoms with Crippen LogP contribution in [0.4, 0.5) is 0 Å². The quantitative estimate of drug-likeness (QED) is 0.0211. The van der Waals surface area contributed by atoms with Crippen molar-refractivity contribution in [1.29, 1.82) is 0 Å². The number of unbranched alkanes of at least 4 members (excludes halogenated alkanes) is 36. The molecule has 0 spiro atoms. The van der Waals surface area contributed by atoms with Crippen molar-refractivity contribution < 1.29 is 42.9 Å². The first-order valence-electron chi connectivity index (χ1n) is 41.0. The van der Waals surface area contributed by atoms with Gasteiger partial charge in [-0.05, 0) is 122 Å². The molecule has 9 heteroatoms. The highest BCUT2D eigenvalue weighted by Gasteiger charge is 2.25. The Balaban J connectivity index is 4.10. The lowest BCUT2D eigenvalue weighted by Gasteiger charge is -2.25. The SMILES string of the molecule is CC/C=C\C/C=C\C/C=C\C/C=C\C/C=C\C/C=C\C/C=C\C/C=C\C/C=C\C/C=C\C/C=C\CCCCCCCCCC(=O)OC(COC(=O)CCCCCCCCCCCCCCCCCCCCCCC/C=C\CCCCCCCCCC)COC(OCC[N+](C)(C)C)C(=O)O. The van der Waals surface area contributed by atoms with E-state index in [2.05, 4.69) is 160 Å². The van der Waals surface area contributed by atoms with E-state index in [0.717, 1.165) is 116 Å². The maximum Gasteiger partial charge on any atom is 0.361 e.